The third kappa shape index (κ3) is 5.54. The van der Waals surface area contributed by atoms with Crippen LogP contribution >= 0.6 is 0 Å². The molecule has 2 aromatic heterocycles. The molecule has 2 aromatic carbocycles. The van der Waals surface area contributed by atoms with Crippen LogP contribution in [0.2, 0.25) is 0 Å². The summed E-state index contributed by atoms with van der Waals surface area (Å²) in [6.45, 7) is 4.71. The monoisotopic (exact) mass is 490 g/mol. The minimum Gasteiger partial charge on any atom is -0.356 e. The standard InChI is InChI=1S/C26H30N6O4/c1-18(2)16-28-22(33)13-15-30-24(35)20-10-6-7-11-21(20)32-25(30)29-31(26(32)36)17-23(34)27-14-12-19-8-4-3-5-9-19/h3-11,18H,12-17H2,1-2H3,(H,27,34)(H,28,33). The van der Waals surface area contributed by atoms with Crippen molar-refractivity contribution in [2.24, 2.45) is 5.92 Å². The topological polar surface area (TPSA) is 120 Å². The summed E-state index contributed by atoms with van der Waals surface area (Å²) in [5.74, 6) is -0.154. The Morgan fingerprint density at radius 1 is 0.944 bits per heavy atom. The van der Waals surface area contributed by atoms with Gasteiger partial charge in [-0.15, -0.1) is 5.10 Å². The van der Waals surface area contributed by atoms with Gasteiger partial charge in [0.05, 0.1) is 10.9 Å². The maximum atomic E-state index is 13.2. The van der Waals surface area contributed by atoms with Gasteiger partial charge < -0.3 is 10.6 Å². The van der Waals surface area contributed by atoms with Crippen molar-refractivity contribution >= 4 is 28.5 Å². The fourth-order valence-corrected chi connectivity index (χ4v) is 3.97. The largest absolute Gasteiger partial charge is 0.356 e. The number of nitrogens with one attached hydrogen (secondary N) is 2. The Labute approximate surface area is 207 Å². The van der Waals surface area contributed by atoms with E-state index in [1.807, 2.05) is 44.2 Å². The maximum absolute atomic E-state index is 13.2. The number of aryl methyl sites for hydroxylation is 1. The van der Waals surface area contributed by atoms with Crippen molar-refractivity contribution in [3.8, 4) is 0 Å². The van der Waals surface area contributed by atoms with E-state index in [4.69, 9.17) is 0 Å². The molecule has 0 saturated carbocycles. The molecule has 0 fully saturated rings. The van der Waals surface area contributed by atoms with Crippen LogP contribution in [-0.2, 0) is 29.1 Å². The molecule has 0 aliphatic heterocycles. The van der Waals surface area contributed by atoms with Crippen molar-refractivity contribution in [1.29, 1.82) is 0 Å². The predicted molar refractivity (Wildman–Crippen MR) is 137 cm³/mol. The van der Waals surface area contributed by atoms with Gasteiger partial charge in [-0.25, -0.2) is 13.9 Å². The van der Waals surface area contributed by atoms with Crippen molar-refractivity contribution in [2.75, 3.05) is 13.1 Å². The summed E-state index contributed by atoms with van der Waals surface area (Å²) in [4.78, 5) is 51.3. The van der Waals surface area contributed by atoms with E-state index in [0.29, 0.717) is 36.3 Å². The van der Waals surface area contributed by atoms with Crippen LogP contribution in [0, 0.1) is 5.92 Å². The van der Waals surface area contributed by atoms with Gasteiger partial charge in [0.25, 0.3) is 5.56 Å². The molecule has 10 heteroatoms. The van der Waals surface area contributed by atoms with Crippen LogP contribution in [-0.4, -0.2) is 43.7 Å². The SMILES string of the molecule is CC(C)CNC(=O)CCn1c(=O)c2ccccc2n2c(=O)n(CC(=O)NCCc3ccccc3)nc12. The lowest BCUT2D eigenvalue weighted by Gasteiger charge is -2.10. The van der Waals surface area contributed by atoms with Crippen molar-refractivity contribution in [1.82, 2.24) is 29.4 Å². The first-order valence-corrected chi connectivity index (χ1v) is 12.0. The van der Waals surface area contributed by atoms with E-state index in [1.54, 1.807) is 24.3 Å². The molecule has 0 saturated heterocycles. The second-order valence-electron chi connectivity index (χ2n) is 9.08. The first kappa shape index (κ1) is 24.9. The molecule has 10 nitrogen and oxygen atoms in total. The smallest absolute Gasteiger partial charge is 0.352 e. The molecule has 0 atom stereocenters. The summed E-state index contributed by atoms with van der Waals surface area (Å²) < 4.78 is 3.69. The molecule has 2 amide bonds. The second-order valence-corrected chi connectivity index (χ2v) is 9.08. The quantitative estimate of drug-likeness (QED) is 0.348. The molecule has 36 heavy (non-hydrogen) atoms. The fourth-order valence-electron chi connectivity index (χ4n) is 3.97. The fraction of sp³-hybridized carbons (Fsp3) is 0.346. The van der Waals surface area contributed by atoms with Crippen LogP contribution in [0.3, 0.4) is 0 Å². The van der Waals surface area contributed by atoms with Crippen molar-refractivity contribution in [2.45, 2.75) is 39.8 Å². The van der Waals surface area contributed by atoms with Crippen molar-refractivity contribution in [3.63, 3.8) is 0 Å². The van der Waals surface area contributed by atoms with Crippen molar-refractivity contribution in [3.05, 3.63) is 81.0 Å². The molecular weight excluding hydrogens is 460 g/mol. The van der Waals surface area contributed by atoms with Gasteiger partial charge in [0.1, 0.15) is 6.54 Å². The number of fused-ring (bicyclic) bond motifs is 3. The van der Waals surface area contributed by atoms with Crippen LogP contribution < -0.4 is 21.9 Å². The molecular formula is C26H30N6O4. The minimum absolute atomic E-state index is 0.0524. The van der Waals surface area contributed by atoms with E-state index in [0.717, 1.165) is 10.2 Å². The van der Waals surface area contributed by atoms with E-state index < -0.39 is 5.69 Å². The first-order chi connectivity index (χ1) is 17.3. The molecule has 188 valence electrons. The average molecular weight is 491 g/mol. The van der Waals surface area contributed by atoms with E-state index in [2.05, 4.69) is 15.7 Å². The zero-order valence-electron chi connectivity index (χ0n) is 20.4. The van der Waals surface area contributed by atoms with Gasteiger partial charge in [-0.05, 0) is 30.0 Å². The van der Waals surface area contributed by atoms with Crippen LogP contribution in [0.15, 0.2) is 64.2 Å². The summed E-state index contributed by atoms with van der Waals surface area (Å²) in [7, 11) is 0. The van der Waals surface area contributed by atoms with Gasteiger partial charge in [-0.1, -0.05) is 56.3 Å². The van der Waals surface area contributed by atoms with Gasteiger partial charge in [-0.2, -0.15) is 0 Å². The zero-order chi connectivity index (χ0) is 25.7. The second kappa shape index (κ2) is 11.0. The Kier molecular flexibility index (Phi) is 7.62. The Morgan fingerprint density at radius 2 is 1.67 bits per heavy atom. The molecule has 2 heterocycles. The number of hydrogen-bond acceptors (Lipinski definition) is 5. The molecule has 4 rings (SSSR count). The zero-order valence-corrected chi connectivity index (χ0v) is 20.4. The Bertz CT molecular complexity index is 1500. The highest BCUT2D eigenvalue weighted by molar-refractivity contribution is 5.80. The van der Waals surface area contributed by atoms with Gasteiger partial charge >= 0.3 is 5.69 Å². The van der Waals surface area contributed by atoms with Gasteiger partial charge in [-0.3, -0.25) is 19.0 Å². The Balaban J connectivity index is 1.59. The number of hydrogen-bond donors (Lipinski definition) is 2. The molecule has 4 aromatic rings. The summed E-state index contributed by atoms with van der Waals surface area (Å²) >= 11 is 0. The molecule has 0 aliphatic rings. The van der Waals surface area contributed by atoms with E-state index >= 15 is 0 Å². The number of amides is 2. The number of nitrogens with zero attached hydrogens (tertiary/aromatic N) is 4. The average Bonchev–Trinajstić information content (AvgIpc) is 3.18. The molecule has 0 radical (unpaired) electrons. The lowest BCUT2D eigenvalue weighted by Crippen LogP contribution is -2.34. The minimum atomic E-state index is -0.530. The highest BCUT2D eigenvalue weighted by atomic mass is 16.2. The summed E-state index contributed by atoms with van der Waals surface area (Å²) in [5, 5.41) is 10.3. The molecule has 0 aliphatic carbocycles. The third-order valence-electron chi connectivity index (χ3n) is 5.83. The summed E-state index contributed by atoms with van der Waals surface area (Å²) in [6.07, 6.45) is 0.720. The number of rotatable bonds is 10. The van der Waals surface area contributed by atoms with E-state index in [1.165, 1.54) is 8.97 Å². The van der Waals surface area contributed by atoms with Gasteiger partial charge in [0.2, 0.25) is 17.6 Å². The number of para-hydroxylation sites is 1. The molecule has 0 unspecified atom stereocenters. The lowest BCUT2D eigenvalue weighted by atomic mass is 10.1. The summed E-state index contributed by atoms with van der Waals surface area (Å²) in [6, 6.07) is 16.5. The Hall–Kier alpha value is -4.21. The van der Waals surface area contributed by atoms with E-state index in [-0.39, 0.29) is 42.7 Å². The van der Waals surface area contributed by atoms with E-state index in [9.17, 15) is 19.2 Å². The van der Waals surface area contributed by atoms with Crippen LogP contribution in [0.1, 0.15) is 25.8 Å². The number of aromatic nitrogens is 4. The summed E-state index contributed by atoms with van der Waals surface area (Å²) in [5.41, 5.74) is 0.617. The lowest BCUT2D eigenvalue weighted by molar-refractivity contribution is -0.122. The predicted octanol–water partition coefficient (Wildman–Crippen LogP) is 1.33. The number of benzene rings is 2. The van der Waals surface area contributed by atoms with Crippen LogP contribution in [0.4, 0.5) is 0 Å². The maximum Gasteiger partial charge on any atom is 0.352 e. The highest BCUT2D eigenvalue weighted by Gasteiger charge is 2.19. The number of carbonyl (C=O) groups is 2. The van der Waals surface area contributed by atoms with Gasteiger partial charge in [0.15, 0.2) is 0 Å². The normalized spacial score (nSPS) is 11.3. The molecule has 0 bridgehead atoms. The molecule has 0 spiro atoms. The Morgan fingerprint density at radius 3 is 2.42 bits per heavy atom. The van der Waals surface area contributed by atoms with Crippen LogP contribution in [0.5, 0.6) is 0 Å². The first-order valence-electron chi connectivity index (χ1n) is 12.0. The highest BCUT2D eigenvalue weighted by Crippen LogP contribution is 2.11. The molecule has 2 N–H and O–H groups in total. The van der Waals surface area contributed by atoms with Crippen LogP contribution in [0.25, 0.3) is 16.7 Å². The number of carbonyl (C=O) groups excluding carboxylic acids is 2. The third-order valence-corrected chi connectivity index (χ3v) is 5.83. The van der Waals surface area contributed by atoms with Gasteiger partial charge in [0, 0.05) is 26.1 Å². The van der Waals surface area contributed by atoms with Crippen molar-refractivity contribution < 1.29 is 9.59 Å².